The van der Waals surface area contributed by atoms with Crippen molar-refractivity contribution in [3.8, 4) is 0 Å². The van der Waals surface area contributed by atoms with E-state index >= 15 is 0 Å². The third-order valence-electron chi connectivity index (χ3n) is 2.68. The SMILES string of the molecule is O=C(c1cc(F)cc(F)c1)N(CCBr)C1CC1. The molecule has 0 heterocycles. The smallest absolute Gasteiger partial charge is 0.254 e. The minimum atomic E-state index is -0.720. The zero-order valence-corrected chi connectivity index (χ0v) is 10.7. The monoisotopic (exact) mass is 303 g/mol. The first-order valence-corrected chi connectivity index (χ1v) is 6.57. The Morgan fingerprint density at radius 2 is 1.88 bits per heavy atom. The molecule has 0 N–H and O–H groups in total. The normalized spacial score (nSPS) is 14.8. The van der Waals surface area contributed by atoms with Crippen molar-refractivity contribution in [1.29, 1.82) is 0 Å². The number of amides is 1. The van der Waals surface area contributed by atoms with Crippen LogP contribution in [0.2, 0.25) is 0 Å². The summed E-state index contributed by atoms with van der Waals surface area (Å²) in [5, 5.41) is 0.660. The highest BCUT2D eigenvalue weighted by molar-refractivity contribution is 9.09. The molecule has 1 fully saturated rings. The van der Waals surface area contributed by atoms with Crippen LogP contribution in [0.15, 0.2) is 18.2 Å². The molecule has 1 amide bonds. The lowest BCUT2D eigenvalue weighted by molar-refractivity contribution is 0.0753. The molecular weight excluding hydrogens is 292 g/mol. The third kappa shape index (κ3) is 3.03. The van der Waals surface area contributed by atoms with Gasteiger partial charge in [0.1, 0.15) is 11.6 Å². The molecule has 0 radical (unpaired) electrons. The Kier molecular flexibility index (Phi) is 3.76. The van der Waals surface area contributed by atoms with Crippen LogP contribution in [0.4, 0.5) is 8.78 Å². The van der Waals surface area contributed by atoms with Gasteiger partial charge in [-0.15, -0.1) is 0 Å². The van der Waals surface area contributed by atoms with Gasteiger partial charge >= 0.3 is 0 Å². The summed E-state index contributed by atoms with van der Waals surface area (Å²) in [7, 11) is 0. The molecule has 1 aliphatic rings. The number of carbonyl (C=O) groups is 1. The fourth-order valence-electron chi connectivity index (χ4n) is 1.77. The summed E-state index contributed by atoms with van der Waals surface area (Å²) in [5.74, 6) is -1.74. The summed E-state index contributed by atoms with van der Waals surface area (Å²) < 4.78 is 26.1. The number of carbonyl (C=O) groups excluding carboxylic acids is 1. The number of hydrogen-bond donors (Lipinski definition) is 0. The van der Waals surface area contributed by atoms with Crippen molar-refractivity contribution in [2.45, 2.75) is 18.9 Å². The number of hydrogen-bond acceptors (Lipinski definition) is 1. The summed E-state index contributed by atoms with van der Waals surface area (Å²) in [5.41, 5.74) is 0.0790. The topological polar surface area (TPSA) is 20.3 Å². The van der Waals surface area contributed by atoms with Gasteiger partial charge in [-0.05, 0) is 25.0 Å². The van der Waals surface area contributed by atoms with Crippen molar-refractivity contribution in [2.24, 2.45) is 0 Å². The minimum absolute atomic E-state index is 0.0790. The Morgan fingerprint density at radius 3 is 2.35 bits per heavy atom. The summed E-state index contributed by atoms with van der Waals surface area (Å²) in [6.45, 7) is 0.557. The second-order valence-corrected chi connectivity index (χ2v) is 4.87. The lowest BCUT2D eigenvalue weighted by Crippen LogP contribution is -2.34. The van der Waals surface area contributed by atoms with E-state index in [4.69, 9.17) is 0 Å². The summed E-state index contributed by atoms with van der Waals surface area (Å²) in [4.78, 5) is 13.8. The van der Waals surface area contributed by atoms with Gasteiger partial charge < -0.3 is 4.90 Å². The van der Waals surface area contributed by atoms with E-state index in [0.29, 0.717) is 11.9 Å². The Morgan fingerprint density at radius 1 is 1.29 bits per heavy atom. The first-order valence-electron chi connectivity index (χ1n) is 5.45. The zero-order chi connectivity index (χ0) is 12.4. The Balaban J connectivity index is 2.21. The van der Waals surface area contributed by atoms with Crippen molar-refractivity contribution >= 4 is 21.8 Å². The molecule has 0 saturated heterocycles. The molecule has 1 saturated carbocycles. The van der Waals surface area contributed by atoms with Gasteiger partial charge in [0.05, 0.1) is 0 Å². The van der Waals surface area contributed by atoms with E-state index in [1.807, 2.05) is 0 Å². The second-order valence-electron chi connectivity index (χ2n) is 4.08. The summed E-state index contributed by atoms with van der Waals surface area (Å²) in [6.07, 6.45) is 1.94. The molecule has 5 heteroatoms. The Labute approximate surface area is 107 Å². The van der Waals surface area contributed by atoms with Crippen LogP contribution in [-0.4, -0.2) is 28.7 Å². The average molecular weight is 304 g/mol. The highest BCUT2D eigenvalue weighted by Crippen LogP contribution is 2.28. The maximum absolute atomic E-state index is 13.0. The summed E-state index contributed by atoms with van der Waals surface area (Å²) in [6, 6.07) is 3.15. The van der Waals surface area contributed by atoms with E-state index in [2.05, 4.69) is 15.9 Å². The van der Waals surface area contributed by atoms with Crippen LogP contribution in [0.3, 0.4) is 0 Å². The molecule has 2 rings (SSSR count). The molecule has 2 nitrogen and oxygen atoms in total. The van der Waals surface area contributed by atoms with E-state index in [0.717, 1.165) is 31.0 Å². The van der Waals surface area contributed by atoms with E-state index in [-0.39, 0.29) is 17.5 Å². The van der Waals surface area contributed by atoms with Crippen molar-refractivity contribution in [1.82, 2.24) is 4.90 Å². The molecule has 0 atom stereocenters. The average Bonchev–Trinajstić information content (AvgIpc) is 3.07. The Bertz CT molecular complexity index is 414. The van der Waals surface area contributed by atoms with Gasteiger partial charge in [0.25, 0.3) is 5.91 Å². The molecule has 0 bridgehead atoms. The molecule has 0 unspecified atom stereocenters. The van der Waals surface area contributed by atoms with Crippen molar-refractivity contribution < 1.29 is 13.6 Å². The standard InChI is InChI=1S/C12H12BrF2NO/c13-3-4-16(11-1-2-11)12(17)8-5-9(14)7-10(15)6-8/h5-7,11H,1-4H2. The van der Waals surface area contributed by atoms with Crippen LogP contribution in [0.25, 0.3) is 0 Å². The first kappa shape index (κ1) is 12.5. The van der Waals surface area contributed by atoms with Crippen LogP contribution in [-0.2, 0) is 0 Å². The molecule has 1 aliphatic carbocycles. The quantitative estimate of drug-likeness (QED) is 0.783. The predicted octanol–water partition coefficient (Wildman–Crippen LogP) is 2.96. The predicted molar refractivity (Wildman–Crippen MR) is 64.2 cm³/mol. The van der Waals surface area contributed by atoms with Gasteiger partial charge in [-0.3, -0.25) is 4.79 Å². The van der Waals surface area contributed by atoms with Crippen molar-refractivity contribution in [2.75, 3.05) is 11.9 Å². The molecule has 1 aromatic rings. The van der Waals surface area contributed by atoms with E-state index < -0.39 is 11.6 Å². The van der Waals surface area contributed by atoms with Gasteiger partial charge in [-0.1, -0.05) is 15.9 Å². The van der Waals surface area contributed by atoms with Crippen LogP contribution in [0.1, 0.15) is 23.2 Å². The van der Waals surface area contributed by atoms with E-state index in [1.54, 1.807) is 4.90 Å². The summed E-state index contributed by atoms with van der Waals surface area (Å²) >= 11 is 3.27. The van der Waals surface area contributed by atoms with Crippen LogP contribution in [0, 0.1) is 11.6 Å². The molecule has 0 aromatic heterocycles. The molecule has 0 spiro atoms. The minimum Gasteiger partial charge on any atom is -0.335 e. The van der Waals surface area contributed by atoms with E-state index in [1.165, 1.54) is 0 Å². The number of rotatable bonds is 4. The van der Waals surface area contributed by atoms with E-state index in [9.17, 15) is 13.6 Å². The highest BCUT2D eigenvalue weighted by Gasteiger charge is 2.32. The zero-order valence-electron chi connectivity index (χ0n) is 9.13. The fraction of sp³-hybridized carbons (Fsp3) is 0.417. The maximum atomic E-state index is 13.0. The number of benzene rings is 1. The van der Waals surface area contributed by atoms with Gasteiger partial charge in [-0.2, -0.15) is 0 Å². The lowest BCUT2D eigenvalue weighted by atomic mass is 10.2. The fourth-order valence-corrected chi connectivity index (χ4v) is 2.15. The molecule has 0 aliphatic heterocycles. The van der Waals surface area contributed by atoms with Gasteiger partial charge in [0.2, 0.25) is 0 Å². The number of alkyl halides is 1. The molecular formula is C12H12BrF2NO. The van der Waals surface area contributed by atoms with Crippen LogP contribution < -0.4 is 0 Å². The van der Waals surface area contributed by atoms with Gasteiger partial charge in [-0.25, -0.2) is 8.78 Å². The van der Waals surface area contributed by atoms with Crippen LogP contribution >= 0.6 is 15.9 Å². The number of nitrogens with zero attached hydrogens (tertiary/aromatic N) is 1. The molecule has 1 aromatic carbocycles. The molecule has 92 valence electrons. The van der Waals surface area contributed by atoms with Crippen molar-refractivity contribution in [3.05, 3.63) is 35.4 Å². The van der Waals surface area contributed by atoms with Gasteiger partial charge in [0.15, 0.2) is 0 Å². The second kappa shape index (κ2) is 5.12. The van der Waals surface area contributed by atoms with Crippen LogP contribution in [0.5, 0.6) is 0 Å². The molecule has 17 heavy (non-hydrogen) atoms. The van der Waals surface area contributed by atoms with Gasteiger partial charge in [0, 0.05) is 29.5 Å². The lowest BCUT2D eigenvalue weighted by Gasteiger charge is -2.21. The first-order chi connectivity index (χ1) is 8.11. The highest BCUT2D eigenvalue weighted by atomic mass is 79.9. The Hall–Kier alpha value is -0.970. The third-order valence-corrected chi connectivity index (χ3v) is 3.04. The maximum Gasteiger partial charge on any atom is 0.254 e. The number of halogens is 3. The largest absolute Gasteiger partial charge is 0.335 e. The van der Waals surface area contributed by atoms with Crippen molar-refractivity contribution in [3.63, 3.8) is 0 Å².